The van der Waals surface area contributed by atoms with E-state index in [1.807, 2.05) is 42.5 Å². The number of hydrogen-bond donors (Lipinski definition) is 2. The highest BCUT2D eigenvalue weighted by molar-refractivity contribution is 7.99. The summed E-state index contributed by atoms with van der Waals surface area (Å²) in [6.07, 6.45) is 0. The lowest BCUT2D eigenvalue weighted by Gasteiger charge is -2.06. The summed E-state index contributed by atoms with van der Waals surface area (Å²) >= 11 is 1.20. The van der Waals surface area contributed by atoms with Crippen molar-refractivity contribution < 1.29 is 4.79 Å². The van der Waals surface area contributed by atoms with Crippen molar-refractivity contribution in [2.24, 2.45) is 0 Å². The van der Waals surface area contributed by atoms with Gasteiger partial charge in [0.2, 0.25) is 5.91 Å². The van der Waals surface area contributed by atoms with Gasteiger partial charge in [-0.3, -0.25) is 9.59 Å². The molecule has 6 heteroatoms. The first-order chi connectivity index (χ1) is 11.1. The molecule has 1 heterocycles. The maximum atomic E-state index is 12.0. The Morgan fingerprint density at radius 3 is 2.74 bits per heavy atom. The lowest BCUT2D eigenvalue weighted by molar-refractivity contribution is -0.113. The van der Waals surface area contributed by atoms with E-state index in [1.165, 1.54) is 17.8 Å². The molecule has 0 saturated heterocycles. The van der Waals surface area contributed by atoms with E-state index in [0.29, 0.717) is 10.9 Å². The summed E-state index contributed by atoms with van der Waals surface area (Å²) in [5.41, 5.74) is 1.17. The molecule has 0 aliphatic rings. The number of nitrogens with zero attached hydrogens (tertiary/aromatic N) is 1. The summed E-state index contributed by atoms with van der Waals surface area (Å²) in [6.45, 7) is 1.74. The number of rotatable bonds is 4. The first-order valence-corrected chi connectivity index (χ1v) is 8.08. The number of carbonyl (C=O) groups is 1. The van der Waals surface area contributed by atoms with Crippen LogP contribution in [0.3, 0.4) is 0 Å². The molecule has 1 amide bonds. The fourth-order valence-corrected chi connectivity index (χ4v) is 2.94. The number of amides is 1. The molecule has 5 nitrogen and oxygen atoms in total. The standard InChI is InChI=1S/C17H15N3O2S/c1-11-8-15(21)20-17(18-11)23-10-16(22)19-14-7-6-12-4-2-3-5-13(12)9-14/h2-9H,10H2,1H3,(H,19,22)(H,18,20,21). The molecule has 0 bridgehead atoms. The van der Waals surface area contributed by atoms with Crippen molar-refractivity contribution in [3.8, 4) is 0 Å². The van der Waals surface area contributed by atoms with E-state index in [0.717, 1.165) is 16.5 Å². The zero-order valence-electron chi connectivity index (χ0n) is 12.5. The maximum Gasteiger partial charge on any atom is 0.251 e. The van der Waals surface area contributed by atoms with Crippen molar-refractivity contribution in [2.75, 3.05) is 11.1 Å². The summed E-state index contributed by atoms with van der Waals surface area (Å²) in [5.74, 6) is 0.0357. The van der Waals surface area contributed by atoms with Crippen molar-refractivity contribution in [3.05, 3.63) is 64.6 Å². The van der Waals surface area contributed by atoms with Crippen molar-refractivity contribution >= 4 is 34.1 Å². The third kappa shape index (κ3) is 3.98. The average Bonchev–Trinajstić information content (AvgIpc) is 2.52. The highest BCUT2D eigenvalue weighted by Gasteiger charge is 2.06. The smallest absolute Gasteiger partial charge is 0.251 e. The Balaban J connectivity index is 1.65. The number of aromatic amines is 1. The van der Waals surface area contributed by atoms with Crippen LogP contribution in [0.15, 0.2) is 58.5 Å². The summed E-state index contributed by atoms with van der Waals surface area (Å²) in [5, 5.41) is 5.50. The molecule has 0 aliphatic heterocycles. The van der Waals surface area contributed by atoms with Gasteiger partial charge in [-0.25, -0.2) is 4.98 Å². The molecular formula is C17H15N3O2S. The zero-order chi connectivity index (χ0) is 16.2. The summed E-state index contributed by atoms with van der Waals surface area (Å²) in [6, 6.07) is 15.2. The number of H-pyrrole nitrogens is 1. The van der Waals surface area contributed by atoms with Crippen LogP contribution in [0.2, 0.25) is 0 Å². The molecule has 3 aromatic rings. The van der Waals surface area contributed by atoms with E-state index in [2.05, 4.69) is 15.3 Å². The minimum atomic E-state index is -0.213. The monoisotopic (exact) mass is 325 g/mol. The van der Waals surface area contributed by atoms with Crippen LogP contribution in [0, 0.1) is 6.92 Å². The van der Waals surface area contributed by atoms with Gasteiger partial charge in [0.1, 0.15) is 0 Å². The number of benzene rings is 2. The van der Waals surface area contributed by atoms with Crippen molar-refractivity contribution in [3.63, 3.8) is 0 Å². The van der Waals surface area contributed by atoms with Crippen LogP contribution in [0.1, 0.15) is 5.69 Å². The quantitative estimate of drug-likeness (QED) is 0.571. The Bertz CT molecular complexity index is 921. The topological polar surface area (TPSA) is 74.8 Å². The minimum absolute atomic E-state index is 0.144. The molecule has 1 aromatic heterocycles. The van der Waals surface area contributed by atoms with Gasteiger partial charge in [-0.05, 0) is 29.8 Å². The van der Waals surface area contributed by atoms with E-state index in [-0.39, 0.29) is 17.2 Å². The van der Waals surface area contributed by atoms with E-state index >= 15 is 0 Å². The number of nitrogens with one attached hydrogen (secondary N) is 2. The van der Waals surface area contributed by atoms with Gasteiger partial charge in [0.25, 0.3) is 5.56 Å². The van der Waals surface area contributed by atoms with Crippen LogP contribution in [-0.4, -0.2) is 21.6 Å². The zero-order valence-corrected chi connectivity index (χ0v) is 13.3. The molecule has 0 aliphatic carbocycles. The van der Waals surface area contributed by atoms with E-state index in [4.69, 9.17) is 0 Å². The van der Waals surface area contributed by atoms with Gasteiger partial charge >= 0.3 is 0 Å². The third-order valence-electron chi connectivity index (χ3n) is 3.22. The van der Waals surface area contributed by atoms with E-state index in [9.17, 15) is 9.59 Å². The first kappa shape index (κ1) is 15.3. The van der Waals surface area contributed by atoms with Crippen LogP contribution in [0.25, 0.3) is 10.8 Å². The van der Waals surface area contributed by atoms with Crippen LogP contribution in [0.5, 0.6) is 0 Å². The summed E-state index contributed by atoms with van der Waals surface area (Å²) in [4.78, 5) is 30.2. The average molecular weight is 325 g/mol. The van der Waals surface area contributed by atoms with Crippen LogP contribution in [-0.2, 0) is 4.79 Å². The number of carbonyl (C=O) groups excluding carboxylic acids is 1. The van der Waals surface area contributed by atoms with Gasteiger partial charge in [-0.2, -0.15) is 0 Å². The maximum absolute atomic E-state index is 12.0. The van der Waals surface area contributed by atoms with Crippen LogP contribution < -0.4 is 10.9 Å². The highest BCUT2D eigenvalue weighted by atomic mass is 32.2. The first-order valence-electron chi connectivity index (χ1n) is 7.09. The second-order valence-corrected chi connectivity index (χ2v) is 6.05. The normalized spacial score (nSPS) is 10.7. The van der Waals surface area contributed by atoms with Gasteiger partial charge in [-0.15, -0.1) is 0 Å². The second kappa shape index (κ2) is 6.66. The van der Waals surface area contributed by atoms with Gasteiger partial charge in [0.05, 0.1) is 5.75 Å². The Morgan fingerprint density at radius 2 is 1.96 bits per heavy atom. The summed E-state index contributed by atoms with van der Waals surface area (Å²) < 4.78 is 0. The predicted octanol–water partition coefficient (Wildman–Crippen LogP) is 2.96. The lowest BCUT2D eigenvalue weighted by atomic mass is 10.1. The highest BCUT2D eigenvalue weighted by Crippen LogP contribution is 2.19. The van der Waals surface area contributed by atoms with Gasteiger partial charge in [-0.1, -0.05) is 42.1 Å². The third-order valence-corrected chi connectivity index (χ3v) is 4.09. The fraction of sp³-hybridized carbons (Fsp3) is 0.118. The molecule has 0 atom stereocenters. The van der Waals surface area contributed by atoms with Crippen LogP contribution >= 0.6 is 11.8 Å². The summed E-state index contributed by atoms with van der Waals surface area (Å²) in [7, 11) is 0. The molecule has 0 saturated carbocycles. The van der Waals surface area contributed by atoms with Gasteiger partial charge < -0.3 is 10.3 Å². The molecule has 2 aromatic carbocycles. The van der Waals surface area contributed by atoms with Crippen molar-refractivity contribution in [2.45, 2.75) is 12.1 Å². The molecule has 2 N–H and O–H groups in total. The Labute approximate surface area is 137 Å². The SMILES string of the molecule is Cc1cc(=O)[nH]c(SCC(=O)Nc2ccc3ccccc3c2)n1. The van der Waals surface area contributed by atoms with Gasteiger partial charge in [0, 0.05) is 17.4 Å². The Morgan fingerprint density at radius 1 is 1.17 bits per heavy atom. The van der Waals surface area contributed by atoms with Crippen molar-refractivity contribution in [1.82, 2.24) is 9.97 Å². The largest absolute Gasteiger partial charge is 0.325 e. The predicted molar refractivity (Wildman–Crippen MR) is 92.9 cm³/mol. The molecule has 3 rings (SSSR count). The van der Waals surface area contributed by atoms with E-state index < -0.39 is 0 Å². The Kier molecular flexibility index (Phi) is 4.43. The molecule has 0 spiro atoms. The second-order valence-electron chi connectivity index (χ2n) is 5.09. The number of aromatic nitrogens is 2. The molecule has 0 fully saturated rings. The number of fused-ring (bicyclic) bond motifs is 1. The molecule has 0 unspecified atom stereocenters. The fourth-order valence-electron chi connectivity index (χ4n) is 2.22. The molecule has 0 radical (unpaired) electrons. The minimum Gasteiger partial charge on any atom is -0.325 e. The van der Waals surface area contributed by atoms with Crippen LogP contribution in [0.4, 0.5) is 5.69 Å². The Hall–Kier alpha value is -2.60. The lowest BCUT2D eigenvalue weighted by Crippen LogP contribution is -2.15. The van der Waals surface area contributed by atoms with E-state index in [1.54, 1.807) is 6.92 Å². The molecule has 23 heavy (non-hydrogen) atoms. The number of aryl methyl sites for hydroxylation is 1. The number of anilines is 1. The number of hydrogen-bond acceptors (Lipinski definition) is 4. The molecular weight excluding hydrogens is 310 g/mol. The van der Waals surface area contributed by atoms with Crippen molar-refractivity contribution in [1.29, 1.82) is 0 Å². The van der Waals surface area contributed by atoms with Gasteiger partial charge in [0.15, 0.2) is 5.16 Å². The molecule has 116 valence electrons. The number of thioether (sulfide) groups is 1.